The first-order valence-electron chi connectivity index (χ1n) is 5.90. The number of nitrogens with one attached hydrogen (secondary N) is 1. The Bertz CT molecular complexity index is 563. The number of nitro groups is 1. The van der Waals surface area contributed by atoms with Gasteiger partial charge in [-0.15, -0.1) is 0 Å². The molecular weight excluding hydrogens is 304 g/mol. The zero-order valence-electron chi connectivity index (χ0n) is 11.0. The molecule has 8 nitrogen and oxygen atoms in total. The van der Waals surface area contributed by atoms with E-state index in [-0.39, 0.29) is 29.5 Å². The largest absolute Gasteiger partial charge is 0.486 e. The van der Waals surface area contributed by atoms with E-state index in [1.165, 1.54) is 19.1 Å². The van der Waals surface area contributed by atoms with Crippen LogP contribution in [-0.4, -0.2) is 34.6 Å². The van der Waals surface area contributed by atoms with Crippen LogP contribution in [0.4, 0.5) is 5.69 Å². The summed E-state index contributed by atoms with van der Waals surface area (Å²) in [6, 6.07) is 2.89. The van der Waals surface area contributed by atoms with Gasteiger partial charge in [0.1, 0.15) is 6.04 Å². The minimum Gasteiger partial charge on any atom is -0.486 e. The van der Waals surface area contributed by atoms with Crippen LogP contribution in [-0.2, 0) is 9.59 Å². The van der Waals surface area contributed by atoms with Gasteiger partial charge in [-0.3, -0.25) is 19.7 Å². The Balaban J connectivity index is 2.55. The Morgan fingerprint density at radius 2 is 2.19 bits per heavy atom. The molecule has 0 aromatic heterocycles. The van der Waals surface area contributed by atoms with Crippen molar-refractivity contribution in [3.63, 3.8) is 0 Å². The molecule has 0 aliphatic rings. The molecule has 1 aromatic carbocycles. The fraction of sp³-hybridized carbons (Fsp3) is 0.333. The van der Waals surface area contributed by atoms with E-state index in [1.54, 1.807) is 0 Å². The predicted molar refractivity (Wildman–Crippen MR) is 73.5 cm³/mol. The summed E-state index contributed by atoms with van der Waals surface area (Å²) in [7, 11) is 0. The molecule has 0 aliphatic heterocycles. The van der Waals surface area contributed by atoms with E-state index >= 15 is 0 Å². The molecule has 114 valence electrons. The molecule has 0 saturated carbocycles. The molecule has 0 saturated heterocycles. The van der Waals surface area contributed by atoms with E-state index in [1.807, 2.05) is 0 Å². The normalized spacial score (nSPS) is 11.5. The zero-order valence-corrected chi connectivity index (χ0v) is 11.8. The van der Waals surface area contributed by atoms with Gasteiger partial charge in [0.15, 0.2) is 5.75 Å². The highest BCUT2D eigenvalue weighted by atomic mass is 35.5. The molecule has 21 heavy (non-hydrogen) atoms. The van der Waals surface area contributed by atoms with Crippen LogP contribution in [0.5, 0.6) is 5.75 Å². The van der Waals surface area contributed by atoms with Crippen molar-refractivity contribution in [2.24, 2.45) is 0 Å². The summed E-state index contributed by atoms with van der Waals surface area (Å²) in [5.41, 5.74) is -0.304. The van der Waals surface area contributed by atoms with Crippen molar-refractivity contribution in [1.29, 1.82) is 0 Å². The maximum Gasteiger partial charge on any atom is 0.325 e. The van der Waals surface area contributed by atoms with E-state index < -0.39 is 22.8 Å². The number of hydrogen-bond acceptors (Lipinski definition) is 5. The maximum atomic E-state index is 11.4. The van der Waals surface area contributed by atoms with Crippen LogP contribution >= 0.6 is 11.6 Å². The number of amides is 1. The summed E-state index contributed by atoms with van der Waals surface area (Å²) in [4.78, 5) is 32.1. The van der Waals surface area contributed by atoms with Gasteiger partial charge in [-0.1, -0.05) is 11.6 Å². The number of carboxylic acid groups (broad SMARTS) is 1. The highest BCUT2D eigenvalue weighted by Crippen LogP contribution is 2.29. The van der Waals surface area contributed by atoms with E-state index in [4.69, 9.17) is 21.4 Å². The number of ether oxygens (including phenoxy) is 1. The lowest BCUT2D eigenvalue weighted by molar-refractivity contribution is -0.385. The maximum absolute atomic E-state index is 11.4. The van der Waals surface area contributed by atoms with Crippen molar-refractivity contribution in [3.8, 4) is 5.75 Å². The Labute approximate surface area is 124 Å². The van der Waals surface area contributed by atoms with Crippen LogP contribution in [0, 0.1) is 10.1 Å². The summed E-state index contributed by atoms with van der Waals surface area (Å²) in [5, 5.41) is 21.9. The molecule has 2 N–H and O–H groups in total. The molecule has 1 aromatic rings. The molecule has 0 radical (unpaired) electrons. The summed E-state index contributed by atoms with van der Waals surface area (Å²) >= 11 is 5.65. The van der Waals surface area contributed by atoms with Crippen molar-refractivity contribution in [2.75, 3.05) is 6.61 Å². The molecule has 1 atom stereocenters. The second-order valence-electron chi connectivity index (χ2n) is 4.10. The quantitative estimate of drug-likeness (QED) is 0.582. The summed E-state index contributed by atoms with van der Waals surface area (Å²) < 4.78 is 5.16. The van der Waals surface area contributed by atoms with Crippen molar-refractivity contribution in [2.45, 2.75) is 19.4 Å². The molecule has 1 amide bonds. The number of aliphatic carboxylic acids is 1. The van der Waals surface area contributed by atoms with Gasteiger partial charge in [-0.2, -0.15) is 0 Å². The van der Waals surface area contributed by atoms with Gasteiger partial charge in [0.05, 0.1) is 18.0 Å². The first kappa shape index (κ1) is 16.7. The molecule has 9 heteroatoms. The molecule has 0 heterocycles. The van der Waals surface area contributed by atoms with Crippen molar-refractivity contribution in [3.05, 3.63) is 33.3 Å². The van der Waals surface area contributed by atoms with Gasteiger partial charge in [-0.25, -0.2) is 0 Å². The van der Waals surface area contributed by atoms with Gasteiger partial charge in [0, 0.05) is 11.1 Å². The predicted octanol–water partition coefficient (Wildman–Crippen LogP) is 1.61. The lowest BCUT2D eigenvalue weighted by atomic mass is 10.3. The second-order valence-corrected chi connectivity index (χ2v) is 4.53. The molecule has 0 spiro atoms. The smallest absolute Gasteiger partial charge is 0.325 e. The summed E-state index contributed by atoms with van der Waals surface area (Å²) in [5.74, 6) is -1.69. The molecule has 0 aliphatic carbocycles. The molecule has 1 rings (SSSR count). The van der Waals surface area contributed by atoms with Crippen molar-refractivity contribution in [1.82, 2.24) is 5.32 Å². The Hall–Kier alpha value is -2.35. The highest BCUT2D eigenvalue weighted by molar-refractivity contribution is 6.30. The van der Waals surface area contributed by atoms with E-state index in [9.17, 15) is 19.7 Å². The van der Waals surface area contributed by atoms with Gasteiger partial charge in [0.25, 0.3) is 0 Å². The molecule has 0 unspecified atom stereocenters. The van der Waals surface area contributed by atoms with Crippen LogP contribution in [0.15, 0.2) is 18.2 Å². The molecular formula is C12H13ClN2O6. The number of rotatable bonds is 7. The topological polar surface area (TPSA) is 119 Å². The molecule has 0 fully saturated rings. The first-order valence-corrected chi connectivity index (χ1v) is 6.28. The van der Waals surface area contributed by atoms with Gasteiger partial charge in [0.2, 0.25) is 5.91 Å². The number of nitro benzene ring substituents is 1. The summed E-state index contributed by atoms with van der Waals surface area (Å²) in [6.07, 6.45) is -0.128. The average Bonchev–Trinajstić information content (AvgIpc) is 2.39. The van der Waals surface area contributed by atoms with Gasteiger partial charge in [-0.05, 0) is 19.1 Å². The Morgan fingerprint density at radius 3 is 2.76 bits per heavy atom. The van der Waals surface area contributed by atoms with E-state index in [2.05, 4.69) is 5.32 Å². The van der Waals surface area contributed by atoms with Gasteiger partial charge >= 0.3 is 11.7 Å². The third-order valence-corrected chi connectivity index (χ3v) is 2.69. The SMILES string of the molecule is C[C@@H](NC(=O)CCOc1ccc(Cl)cc1[N+](=O)[O-])C(=O)O. The van der Waals surface area contributed by atoms with Crippen molar-refractivity contribution >= 4 is 29.2 Å². The number of benzene rings is 1. The standard InChI is InChI=1S/C12H13ClN2O6/c1-7(12(17)18)14-11(16)4-5-21-10-3-2-8(13)6-9(10)15(19)20/h2-3,6-7H,4-5H2,1H3,(H,14,16)(H,17,18)/t7-/m1/s1. The van der Waals surface area contributed by atoms with Crippen LogP contribution in [0.1, 0.15) is 13.3 Å². The van der Waals surface area contributed by atoms with Crippen LogP contribution in [0.3, 0.4) is 0 Å². The highest BCUT2D eigenvalue weighted by Gasteiger charge is 2.17. The monoisotopic (exact) mass is 316 g/mol. The third-order valence-electron chi connectivity index (χ3n) is 2.45. The number of carbonyl (C=O) groups excluding carboxylic acids is 1. The number of carbonyl (C=O) groups is 2. The Kier molecular flexibility index (Phi) is 5.92. The van der Waals surface area contributed by atoms with Gasteiger partial charge < -0.3 is 15.2 Å². The van der Waals surface area contributed by atoms with Crippen LogP contribution in [0.25, 0.3) is 0 Å². The molecule has 0 bridgehead atoms. The van der Waals surface area contributed by atoms with E-state index in [0.717, 1.165) is 6.07 Å². The average molecular weight is 317 g/mol. The third kappa shape index (κ3) is 5.27. The van der Waals surface area contributed by atoms with E-state index in [0.29, 0.717) is 0 Å². The fourth-order valence-corrected chi connectivity index (χ4v) is 1.55. The first-order chi connectivity index (χ1) is 9.81. The second kappa shape index (κ2) is 7.44. The minimum atomic E-state index is -1.15. The zero-order chi connectivity index (χ0) is 16.0. The number of nitrogens with zero attached hydrogens (tertiary/aromatic N) is 1. The Morgan fingerprint density at radius 1 is 1.52 bits per heavy atom. The number of hydrogen-bond donors (Lipinski definition) is 2. The number of halogens is 1. The number of carboxylic acids is 1. The lowest BCUT2D eigenvalue weighted by Gasteiger charge is -2.10. The minimum absolute atomic E-state index is 0.0107. The summed E-state index contributed by atoms with van der Waals surface area (Å²) in [6.45, 7) is 1.20. The van der Waals surface area contributed by atoms with Crippen LogP contribution in [0.2, 0.25) is 5.02 Å². The van der Waals surface area contributed by atoms with Crippen molar-refractivity contribution < 1.29 is 24.4 Å². The fourth-order valence-electron chi connectivity index (χ4n) is 1.38. The van der Waals surface area contributed by atoms with Crippen LogP contribution < -0.4 is 10.1 Å². The lowest BCUT2D eigenvalue weighted by Crippen LogP contribution is -2.38.